The smallest absolute Gasteiger partial charge is 0.255 e. The van der Waals surface area contributed by atoms with Gasteiger partial charge in [0.15, 0.2) is 0 Å². The largest absolute Gasteiger partial charge is 0.398 e. The average Bonchev–Trinajstić information content (AvgIpc) is 2.46. The lowest BCUT2D eigenvalue weighted by atomic mass is 9.97. The van der Waals surface area contributed by atoms with Crippen LogP contribution in [-0.2, 0) is 13.0 Å². The first kappa shape index (κ1) is 14.4. The number of anilines is 1. The SMILES string of the molecule is Nc1cccc2c1CCN(C(=O)c1ccc(Cl)cc1Br)C2. The zero-order valence-corrected chi connectivity index (χ0v) is 13.6. The van der Waals surface area contributed by atoms with Crippen molar-refractivity contribution in [2.45, 2.75) is 13.0 Å². The maximum atomic E-state index is 12.6. The predicted octanol–water partition coefficient (Wildman–Crippen LogP) is 3.88. The Balaban J connectivity index is 1.87. The number of nitrogens with two attached hydrogens (primary N) is 1. The van der Waals surface area contributed by atoms with Crippen LogP contribution in [0, 0.1) is 0 Å². The second-order valence-corrected chi connectivity index (χ2v) is 6.38. The summed E-state index contributed by atoms with van der Waals surface area (Å²) in [5, 5.41) is 0.607. The first-order valence-electron chi connectivity index (χ1n) is 6.67. The van der Waals surface area contributed by atoms with E-state index in [4.69, 9.17) is 17.3 Å². The predicted molar refractivity (Wildman–Crippen MR) is 88.5 cm³/mol. The van der Waals surface area contributed by atoms with Crippen molar-refractivity contribution in [3.8, 4) is 0 Å². The van der Waals surface area contributed by atoms with Crippen molar-refractivity contribution in [1.29, 1.82) is 0 Å². The standard InChI is InChI=1S/C16H14BrClN2O/c17-14-8-11(18)4-5-13(14)16(21)20-7-6-12-10(9-20)2-1-3-15(12)19/h1-5,8H,6-7,9,19H2. The van der Waals surface area contributed by atoms with Gasteiger partial charge in [-0.3, -0.25) is 4.79 Å². The van der Waals surface area contributed by atoms with Crippen molar-refractivity contribution >= 4 is 39.1 Å². The molecule has 0 saturated heterocycles. The number of benzene rings is 2. The molecule has 1 aliphatic heterocycles. The summed E-state index contributed by atoms with van der Waals surface area (Å²) < 4.78 is 0.721. The van der Waals surface area contributed by atoms with Crippen LogP contribution in [0.5, 0.6) is 0 Å². The quantitative estimate of drug-likeness (QED) is 0.780. The van der Waals surface area contributed by atoms with E-state index in [-0.39, 0.29) is 5.91 Å². The summed E-state index contributed by atoms with van der Waals surface area (Å²) in [7, 11) is 0. The summed E-state index contributed by atoms with van der Waals surface area (Å²) in [6.45, 7) is 1.27. The molecule has 5 heteroatoms. The Bertz CT molecular complexity index is 717. The van der Waals surface area contributed by atoms with Gasteiger partial charge >= 0.3 is 0 Å². The summed E-state index contributed by atoms with van der Waals surface area (Å²) in [5.74, 6) is 0.00613. The number of amides is 1. The molecule has 0 saturated carbocycles. The number of halogens is 2. The minimum absolute atomic E-state index is 0.00613. The van der Waals surface area contributed by atoms with E-state index < -0.39 is 0 Å². The second-order valence-electron chi connectivity index (χ2n) is 5.09. The fourth-order valence-electron chi connectivity index (χ4n) is 2.65. The van der Waals surface area contributed by atoms with Gasteiger partial charge in [0.2, 0.25) is 0 Å². The zero-order chi connectivity index (χ0) is 15.0. The highest BCUT2D eigenvalue weighted by Gasteiger charge is 2.24. The molecule has 108 valence electrons. The molecular formula is C16H14BrClN2O. The molecule has 0 atom stereocenters. The molecule has 2 N–H and O–H groups in total. The summed E-state index contributed by atoms with van der Waals surface area (Å²) in [6, 6.07) is 11.1. The van der Waals surface area contributed by atoms with Crippen LogP contribution in [0.1, 0.15) is 21.5 Å². The van der Waals surface area contributed by atoms with Crippen LogP contribution in [0.3, 0.4) is 0 Å². The van der Waals surface area contributed by atoms with E-state index >= 15 is 0 Å². The molecule has 0 radical (unpaired) electrons. The first-order chi connectivity index (χ1) is 10.1. The lowest BCUT2D eigenvalue weighted by molar-refractivity contribution is 0.0734. The van der Waals surface area contributed by atoms with E-state index in [2.05, 4.69) is 15.9 Å². The van der Waals surface area contributed by atoms with Crippen molar-refractivity contribution < 1.29 is 4.79 Å². The fraction of sp³-hybridized carbons (Fsp3) is 0.188. The Morgan fingerprint density at radius 1 is 1.29 bits per heavy atom. The summed E-state index contributed by atoms with van der Waals surface area (Å²) >= 11 is 9.33. The van der Waals surface area contributed by atoms with E-state index in [1.807, 2.05) is 23.1 Å². The third-order valence-electron chi connectivity index (χ3n) is 3.75. The number of hydrogen-bond donors (Lipinski definition) is 1. The zero-order valence-electron chi connectivity index (χ0n) is 11.3. The normalized spacial score (nSPS) is 13.9. The molecule has 0 spiro atoms. The highest BCUT2D eigenvalue weighted by Crippen LogP contribution is 2.27. The van der Waals surface area contributed by atoms with Crippen molar-refractivity contribution in [1.82, 2.24) is 4.90 Å². The minimum atomic E-state index is 0.00613. The van der Waals surface area contributed by atoms with Crippen LogP contribution in [-0.4, -0.2) is 17.4 Å². The molecular weight excluding hydrogens is 352 g/mol. The third kappa shape index (κ3) is 2.78. The fourth-order valence-corrected chi connectivity index (χ4v) is 3.50. The van der Waals surface area contributed by atoms with E-state index in [0.717, 1.165) is 27.7 Å². The number of fused-ring (bicyclic) bond motifs is 1. The Labute approximate surface area is 136 Å². The van der Waals surface area contributed by atoms with Crippen LogP contribution in [0.2, 0.25) is 5.02 Å². The van der Waals surface area contributed by atoms with Gasteiger partial charge in [0, 0.05) is 28.3 Å². The molecule has 3 nitrogen and oxygen atoms in total. The van der Waals surface area contributed by atoms with Crippen molar-refractivity contribution in [2.75, 3.05) is 12.3 Å². The van der Waals surface area contributed by atoms with Crippen molar-refractivity contribution in [3.63, 3.8) is 0 Å². The van der Waals surface area contributed by atoms with Gasteiger partial charge < -0.3 is 10.6 Å². The first-order valence-corrected chi connectivity index (χ1v) is 7.84. The number of rotatable bonds is 1. The van der Waals surface area contributed by atoms with Gasteiger partial charge in [-0.1, -0.05) is 23.7 Å². The number of nitrogen functional groups attached to an aromatic ring is 1. The van der Waals surface area contributed by atoms with Crippen LogP contribution in [0.15, 0.2) is 40.9 Å². The highest BCUT2D eigenvalue weighted by molar-refractivity contribution is 9.10. The molecule has 3 rings (SSSR count). The molecule has 0 aliphatic carbocycles. The average molecular weight is 366 g/mol. The highest BCUT2D eigenvalue weighted by atomic mass is 79.9. The molecule has 0 bridgehead atoms. The molecule has 21 heavy (non-hydrogen) atoms. The van der Waals surface area contributed by atoms with Crippen LogP contribution >= 0.6 is 27.5 Å². The lowest BCUT2D eigenvalue weighted by Gasteiger charge is -2.30. The van der Waals surface area contributed by atoms with Gasteiger partial charge in [-0.2, -0.15) is 0 Å². The minimum Gasteiger partial charge on any atom is -0.398 e. The Hall–Kier alpha value is -1.52. The summed E-state index contributed by atoms with van der Waals surface area (Å²) in [4.78, 5) is 14.5. The molecule has 0 fully saturated rings. The van der Waals surface area contributed by atoms with Gasteiger partial charge in [-0.15, -0.1) is 0 Å². The lowest BCUT2D eigenvalue weighted by Crippen LogP contribution is -2.36. The Morgan fingerprint density at radius 2 is 2.10 bits per heavy atom. The number of carbonyl (C=O) groups excluding carboxylic acids is 1. The number of nitrogens with zero attached hydrogens (tertiary/aromatic N) is 1. The van der Waals surface area contributed by atoms with E-state index in [1.165, 1.54) is 0 Å². The van der Waals surface area contributed by atoms with Crippen LogP contribution in [0.4, 0.5) is 5.69 Å². The molecule has 1 aliphatic rings. The maximum Gasteiger partial charge on any atom is 0.255 e. The summed E-state index contributed by atoms with van der Waals surface area (Å²) in [6.07, 6.45) is 0.791. The van der Waals surface area contributed by atoms with Gasteiger partial charge in [0.05, 0.1) is 5.56 Å². The topological polar surface area (TPSA) is 46.3 Å². The number of hydrogen-bond acceptors (Lipinski definition) is 2. The Morgan fingerprint density at radius 3 is 2.86 bits per heavy atom. The van der Waals surface area contributed by atoms with Crippen molar-refractivity contribution in [2.24, 2.45) is 0 Å². The molecule has 0 aromatic heterocycles. The van der Waals surface area contributed by atoms with E-state index in [9.17, 15) is 4.79 Å². The van der Waals surface area contributed by atoms with Gasteiger partial charge in [0.1, 0.15) is 0 Å². The van der Waals surface area contributed by atoms with Crippen LogP contribution < -0.4 is 5.73 Å². The second kappa shape index (κ2) is 5.70. The monoisotopic (exact) mass is 364 g/mol. The Kier molecular flexibility index (Phi) is 3.91. The molecule has 2 aromatic carbocycles. The summed E-state index contributed by atoms with van der Waals surface area (Å²) in [5.41, 5.74) is 9.72. The third-order valence-corrected chi connectivity index (χ3v) is 4.64. The van der Waals surface area contributed by atoms with E-state index in [0.29, 0.717) is 23.7 Å². The molecule has 0 unspecified atom stereocenters. The van der Waals surface area contributed by atoms with Gasteiger partial charge in [-0.05, 0) is 57.7 Å². The molecule has 1 heterocycles. The van der Waals surface area contributed by atoms with Crippen molar-refractivity contribution in [3.05, 3.63) is 62.6 Å². The van der Waals surface area contributed by atoms with Crippen LogP contribution in [0.25, 0.3) is 0 Å². The van der Waals surface area contributed by atoms with E-state index in [1.54, 1.807) is 18.2 Å². The van der Waals surface area contributed by atoms with Gasteiger partial charge in [-0.25, -0.2) is 0 Å². The van der Waals surface area contributed by atoms with Gasteiger partial charge in [0.25, 0.3) is 5.91 Å². The maximum absolute atomic E-state index is 12.6. The number of carbonyl (C=O) groups is 1. The molecule has 2 aromatic rings. The molecule has 1 amide bonds.